The van der Waals surface area contributed by atoms with Gasteiger partial charge in [0.2, 0.25) is 0 Å². The fourth-order valence-corrected chi connectivity index (χ4v) is 9.81. The minimum absolute atomic E-state index is 1.08. The maximum Gasteiger partial charge on any atom is 0.0547 e. The molecule has 12 aromatic rings. The van der Waals surface area contributed by atoms with Gasteiger partial charge in [-0.3, -0.25) is 0 Å². The quantitative estimate of drug-likeness (QED) is 0.148. The maximum atomic E-state index is 2.47. The molecule has 1 heterocycles. The van der Waals surface area contributed by atoms with Gasteiger partial charge < -0.3 is 9.47 Å². The molecule has 0 aliphatic heterocycles. The monoisotopic (exact) mass is 814 g/mol. The van der Waals surface area contributed by atoms with Crippen LogP contribution in [0.25, 0.3) is 93.5 Å². The Bertz CT molecular complexity index is 3620. The van der Waals surface area contributed by atoms with Gasteiger partial charge in [0.15, 0.2) is 0 Å². The van der Waals surface area contributed by atoms with Crippen LogP contribution < -0.4 is 4.90 Å². The first-order valence-corrected chi connectivity index (χ1v) is 22.0. The van der Waals surface area contributed by atoms with E-state index >= 15 is 0 Å². The van der Waals surface area contributed by atoms with Crippen molar-refractivity contribution in [3.63, 3.8) is 0 Å². The highest BCUT2D eigenvalue weighted by Crippen LogP contribution is 2.44. The molecule has 64 heavy (non-hydrogen) atoms. The van der Waals surface area contributed by atoms with Crippen LogP contribution in [0.15, 0.2) is 255 Å². The SMILES string of the molecule is c1ccc(-c2ccc(N(c3ccc(-c4cccc(-n5c6ccccc6c6c7ccccc7ccc65)c4-c4ccccc4)cc3)c3ccc(-c4cccc5ccccc45)cc3)cc2)cc1. The van der Waals surface area contributed by atoms with E-state index in [-0.39, 0.29) is 0 Å². The van der Waals surface area contributed by atoms with Gasteiger partial charge in [-0.05, 0) is 115 Å². The van der Waals surface area contributed by atoms with Crippen LogP contribution in [0.5, 0.6) is 0 Å². The van der Waals surface area contributed by atoms with Crippen LogP contribution in [-0.2, 0) is 0 Å². The predicted molar refractivity (Wildman–Crippen MR) is 272 cm³/mol. The Labute approximate surface area is 373 Å². The summed E-state index contributed by atoms with van der Waals surface area (Å²) in [4.78, 5) is 2.36. The summed E-state index contributed by atoms with van der Waals surface area (Å²) < 4.78 is 2.47. The van der Waals surface area contributed by atoms with E-state index in [0.717, 1.165) is 28.3 Å². The highest BCUT2D eigenvalue weighted by atomic mass is 15.1. The van der Waals surface area contributed by atoms with Crippen LogP contribution in [0.1, 0.15) is 0 Å². The van der Waals surface area contributed by atoms with E-state index in [1.807, 2.05) is 0 Å². The number of nitrogens with zero attached hydrogens (tertiary/aromatic N) is 2. The van der Waals surface area contributed by atoms with Crippen LogP contribution >= 0.6 is 0 Å². The average Bonchev–Trinajstić information content (AvgIpc) is 3.72. The standard InChI is InChI=1S/C62H42N2/c1-3-15-43(16-4-1)44-29-36-50(37-30-44)63(51-38-31-47(32-39-51)54-25-13-21-45-17-7-9-22-53(45)54)52-40-33-48(34-41-52)55-26-14-28-59(61(55)49-19-5-2-6-20-49)64-58-27-12-11-24-57(58)62-56-23-10-8-18-46(56)35-42-60(62)64/h1-42H. The topological polar surface area (TPSA) is 8.17 Å². The molecular weight excluding hydrogens is 773 g/mol. The Kier molecular flexibility index (Phi) is 9.20. The van der Waals surface area contributed by atoms with Crippen molar-refractivity contribution in [2.45, 2.75) is 0 Å². The number of fused-ring (bicyclic) bond motifs is 6. The summed E-state index contributed by atoms with van der Waals surface area (Å²) in [6.07, 6.45) is 0. The van der Waals surface area contributed by atoms with Crippen LogP contribution in [0.4, 0.5) is 17.1 Å². The van der Waals surface area contributed by atoms with Crippen molar-refractivity contribution in [2.75, 3.05) is 4.90 Å². The Morgan fingerprint density at radius 3 is 1.41 bits per heavy atom. The first-order valence-electron chi connectivity index (χ1n) is 22.0. The molecule has 2 nitrogen and oxygen atoms in total. The number of anilines is 3. The first-order chi connectivity index (χ1) is 31.8. The molecule has 0 amide bonds. The first kappa shape index (κ1) is 37.3. The molecule has 0 aliphatic rings. The average molecular weight is 815 g/mol. The minimum Gasteiger partial charge on any atom is -0.311 e. The van der Waals surface area contributed by atoms with E-state index in [9.17, 15) is 0 Å². The Morgan fingerprint density at radius 2 is 0.734 bits per heavy atom. The lowest BCUT2D eigenvalue weighted by atomic mass is 9.92. The molecule has 0 fully saturated rings. The van der Waals surface area contributed by atoms with E-state index in [2.05, 4.69) is 264 Å². The molecule has 0 N–H and O–H groups in total. The van der Waals surface area contributed by atoms with Crippen molar-refractivity contribution >= 4 is 60.4 Å². The second kappa shape index (κ2) is 15.8. The molecule has 0 spiro atoms. The largest absolute Gasteiger partial charge is 0.311 e. The number of rotatable bonds is 8. The summed E-state index contributed by atoms with van der Waals surface area (Å²) in [6, 6.07) is 92.6. The van der Waals surface area contributed by atoms with Crippen LogP contribution in [-0.4, -0.2) is 4.57 Å². The lowest BCUT2D eigenvalue weighted by molar-refractivity contribution is 1.18. The summed E-state index contributed by atoms with van der Waals surface area (Å²) in [6.45, 7) is 0. The van der Waals surface area contributed by atoms with Crippen molar-refractivity contribution in [3.05, 3.63) is 255 Å². The van der Waals surface area contributed by atoms with Crippen molar-refractivity contribution in [2.24, 2.45) is 0 Å². The second-order valence-electron chi connectivity index (χ2n) is 16.5. The van der Waals surface area contributed by atoms with Crippen molar-refractivity contribution in [1.82, 2.24) is 4.57 Å². The van der Waals surface area contributed by atoms with Gasteiger partial charge in [0, 0.05) is 33.4 Å². The number of aromatic nitrogens is 1. The number of hydrogen-bond acceptors (Lipinski definition) is 1. The van der Waals surface area contributed by atoms with Gasteiger partial charge in [0.1, 0.15) is 0 Å². The van der Waals surface area contributed by atoms with Crippen molar-refractivity contribution in [3.8, 4) is 50.2 Å². The summed E-state index contributed by atoms with van der Waals surface area (Å²) in [5.74, 6) is 0. The Hall–Kier alpha value is -8.46. The Morgan fingerprint density at radius 1 is 0.266 bits per heavy atom. The third kappa shape index (κ3) is 6.44. The molecule has 0 unspecified atom stereocenters. The lowest BCUT2D eigenvalue weighted by Crippen LogP contribution is -2.09. The van der Waals surface area contributed by atoms with Gasteiger partial charge in [0.05, 0.1) is 16.7 Å². The molecule has 11 aromatic carbocycles. The predicted octanol–water partition coefficient (Wildman–Crippen LogP) is 17.2. The number of para-hydroxylation sites is 1. The van der Waals surface area contributed by atoms with Gasteiger partial charge in [-0.15, -0.1) is 0 Å². The number of benzene rings is 11. The Balaban J connectivity index is 0.995. The van der Waals surface area contributed by atoms with Gasteiger partial charge in [-0.1, -0.05) is 200 Å². The van der Waals surface area contributed by atoms with Gasteiger partial charge >= 0.3 is 0 Å². The fraction of sp³-hybridized carbons (Fsp3) is 0. The molecule has 0 bridgehead atoms. The van der Waals surface area contributed by atoms with E-state index in [4.69, 9.17) is 0 Å². The van der Waals surface area contributed by atoms with Crippen LogP contribution in [0.3, 0.4) is 0 Å². The van der Waals surface area contributed by atoms with Crippen LogP contribution in [0.2, 0.25) is 0 Å². The molecule has 2 heteroatoms. The molecular formula is C62H42N2. The molecule has 0 saturated carbocycles. The molecule has 12 rings (SSSR count). The third-order valence-corrected chi connectivity index (χ3v) is 12.8. The highest BCUT2D eigenvalue weighted by molar-refractivity contribution is 6.21. The molecule has 1 aromatic heterocycles. The summed E-state index contributed by atoms with van der Waals surface area (Å²) in [5, 5.41) is 7.55. The second-order valence-corrected chi connectivity index (χ2v) is 16.5. The summed E-state index contributed by atoms with van der Waals surface area (Å²) in [7, 11) is 0. The maximum absolute atomic E-state index is 2.47. The van der Waals surface area contributed by atoms with E-state index in [1.54, 1.807) is 0 Å². The normalized spacial score (nSPS) is 11.4. The zero-order valence-corrected chi connectivity index (χ0v) is 35.1. The third-order valence-electron chi connectivity index (χ3n) is 12.8. The lowest BCUT2D eigenvalue weighted by Gasteiger charge is -2.26. The molecule has 300 valence electrons. The van der Waals surface area contributed by atoms with Gasteiger partial charge in [-0.2, -0.15) is 0 Å². The summed E-state index contributed by atoms with van der Waals surface area (Å²) in [5.41, 5.74) is 16.3. The zero-order chi connectivity index (χ0) is 42.4. The van der Waals surface area contributed by atoms with E-state index in [0.29, 0.717) is 0 Å². The smallest absolute Gasteiger partial charge is 0.0547 e. The molecule has 0 aliphatic carbocycles. The van der Waals surface area contributed by atoms with E-state index < -0.39 is 0 Å². The highest BCUT2D eigenvalue weighted by Gasteiger charge is 2.21. The fourth-order valence-electron chi connectivity index (χ4n) is 9.81. The van der Waals surface area contributed by atoms with Gasteiger partial charge in [-0.25, -0.2) is 0 Å². The minimum atomic E-state index is 1.08. The summed E-state index contributed by atoms with van der Waals surface area (Å²) >= 11 is 0. The molecule has 0 radical (unpaired) electrons. The van der Waals surface area contributed by atoms with Gasteiger partial charge in [0.25, 0.3) is 0 Å². The van der Waals surface area contributed by atoms with E-state index in [1.165, 1.54) is 82.3 Å². The van der Waals surface area contributed by atoms with Crippen molar-refractivity contribution in [1.29, 1.82) is 0 Å². The number of hydrogen-bond donors (Lipinski definition) is 0. The van der Waals surface area contributed by atoms with Crippen molar-refractivity contribution < 1.29 is 0 Å². The molecule has 0 saturated heterocycles. The zero-order valence-electron chi connectivity index (χ0n) is 35.1. The molecule has 0 atom stereocenters. The van der Waals surface area contributed by atoms with Crippen LogP contribution in [0, 0.1) is 0 Å².